The number of fused-ring (bicyclic) bond motifs is 1. The highest BCUT2D eigenvalue weighted by Gasteiger charge is 2.10. The number of oxazole rings is 1. The molecule has 1 aromatic carbocycles. The van der Waals surface area contributed by atoms with Crippen molar-refractivity contribution < 1.29 is 4.42 Å². The molecular formula is C14H21N3O. The van der Waals surface area contributed by atoms with Crippen LogP contribution in [0.5, 0.6) is 0 Å². The molecule has 0 unspecified atom stereocenters. The van der Waals surface area contributed by atoms with Crippen molar-refractivity contribution in [1.82, 2.24) is 9.88 Å². The highest BCUT2D eigenvalue weighted by Crippen LogP contribution is 2.19. The fourth-order valence-corrected chi connectivity index (χ4v) is 2.15. The van der Waals surface area contributed by atoms with Gasteiger partial charge in [-0.15, -0.1) is 0 Å². The standard InChI is InChI=1S/C14H21N3O/c1-3-7-17(8-4-2)10-14-16-12-6-5-11(15)9-13(12)18-14/h5-6,9H,3-4,7-8,10,15H2,1-2H3. The number of rotatable bonds is 6. The smallest absolute Gasteiger partial charge is 0.209 e. The minimum Gasteiger partial charge on any atom is -0.439 e. The summed E-state index contributed by atoms with van der Waals surface area (Å²) in [6.07, 6.45) is 2.29. The molecule has 18 heavy (non-hydrogen) atoms. The first-order valence-corrected chi connectivity index (χ1v) is 6.60. The summed E-state index contributed by atoms with van der Waals surface area (Å²) in [5, 5.41) is 0. The van der Waals surface area contributed by atoms with Crippen LogP contribution in [-0.4, -0.2) is 23.0 Å². The summed E-state index contributed by atoms with van der Waals surface area (Å²) in [6, 6.07) is 5.59. The van der Waals surface area contributed by atoms with Crippen molar-refractivity contribution in [2.24, 2.45) is 0 Å². The average molecular weight is 247 g/mol. The molecule has 2 N–H and O–H groups in total. The maximum atomic E-state index is 5.74. The first-order chi connectivity index (χ1) is 8.72. The zero-order valence-electron chi connectivity index (χ0n) is 11.1. The summed E-state index contributed by atoms with van der Waals surface area (Å²) >= 11 is 0. The monoisotopic (exact) mass is 247 g/mol. The summed E-state index contributed by atoms with van der Waals surface area (Å²) in [4.78, 5) is 6.86. The number of benzene rings is 1. The van der Waals surface area contributed by atoms with Gasteiger partial charge in [-0.2, -0.15) is 0 Å². The van der Waals surface area contributed by atoms with Crippen LogP contribution in [0.1, 0.15) is 32.6 Å². The maximum absolute atomic E-state index is 5.74. The maximum Gasteiger partial charge on any atom is 0.209 e. The Labute approximate surface area is 108 Å². The fraction of sp³-hybridized carbons (Fsp3) is 0.500. The second-order valence-electron chi connectivity index (χ2n) is 4.61. The number of nitrogens with two attached hydrogens (primary N) is 1. The van der Waals surface area contributed by atoms with E-state index in [0.717, 1.165) is 49.5 Å². The lowest BCUT2D eigenvalue weighted by Gasteiger charge is -2.18. The molecule has 0 aliphatic rings. The van der Waals surface area contributed by atoms with E-state index in [4.69, 9.17) is 10.2 Å². The second-order valence-corrected chi connectivity index (χ2v) is 4.61. The average Bonchev–Trinajstić information content (AvgIpc) is 2.71. The zero-order chi connectivity index (χ0) is 13.0. The van der Waals surface area contributed by atoms with Crippen molar-refractivity contribution in [2.75, 3.05) is 18.8 Å². The molecule has 1 aromatic heterocycles. The molecule has 4 nitrogen and oxygen atoms in total. The SMILES string of the molecule is CCCN(CCC)Cc1nc2ccc(N)cc2o1. The molecule has 2 aromatic rings. The van der Waals surface area contributed by atoms with E-state index in [1.807, 2.05) is 18.2 Å². The van der Waals surface area contributed by atoms with E-state index in [-0.39, 0.29) is 0 Å². The van der Waals surface area contributed by atoms with Crippen molar-refractivity contribution in [1.29, 1.82) is 0 Å². The molecule has 0 aliphatic carbocycles. The van der Waals surface area contributed by atoms with Crippen molar-refractivity contribution >= 4 is 16.8 Å². The summed E-state index contributed by atoms with van der Waals surface area (Å²) < 4.78 is 5.74. The minimum atomic E-state index is 0.712. The van der Waals surface area contributed by atoms with Gasteiger partial charge in [-0.1, -0.05) is 13.8 Å². The van der Waals surface area contributed by atoms with E-state index in [9.17, 15) is 0 Å². The van der Waals surface area contributed by atoms with Crippen LogP contribution < -0.4 is 5.73 Å². The lowest BCUT2D eigenvalue weighted by Crippen LogP contribution is -2.24. The molecule has 1 heterocycles. The Morgan fingerprint density at radius 1 is 1.22 bits per heavy atom. The van der Waals surface area contributed by atoms with E-state index in [2.05, 4.69) is 23.7 Å². The van der Waals surface area contributed by atoms with Gasteiger partial charge in [0.15, 0.2) is 5.58 Å². The molecule has 0 aliphatic heterocycles. The van der Waals surface area contributed by atoms with Gasteiger partial charge in [0.1, 0.15) is 5.52 Å². The number of nitrogens with zero attached hydrogens (tertiary/aromatic N) is 2. The van der Waals surface area contributed by atoms with E-state index >= 15 is 0 Å². The Morgan fingerprint density at radius 2 is 1.94 bits per heavy atom. The van der Waals surface area contributed by atoms with E-state index in [0.29, 0.717) is 5.69 Å². The lowest BCUT2D eigenvalue weighted by molar-refractivity contribution is 0.242. The van der Waals surface area contributed by atoms with Crippen molar-refractivity contribution in [3.05, 3.63) is 24.1 Å². The van der Waals surface area contributed by atoms with Crippen molar-refractivity contribution in [2.45, 2.75) is 33.2 Å². The first kappa shape index (κ1) is 12.9. The van der Waals surface area contributed by atoms with Crippen LogP contribution in [-0.2, 0) is 6.54 Å². The van der Waals surface area contributed by atoms with Crippen molar-refractivity contribution in [3.63, 3.8) is 0 Å². The molecule has 2 rings (SSSR count). The zero-order valence-corrected chi connectivity index (χ0v) is 11.1. The van der Waals surface area contributed by atoms with Crippen molar-refractivity contribution in [3.8, 4) is 0 Å². The van der Waals surface area contributed by atoms with Crippen LogP contribution >= 0.6 is 0 Å². The predicted molar refractivity (Wildman–Crippen MR) is 74.3 cm³/mol. The van der Waals surface area contributed by atoms with Crippen LogP contribution in [0.3, 0.4) is 0 Å². The number of nitrogen functional groups attached to an aromatic ring is 1. The van der Waals surface area contributed by atoms with Crippen LogP contribution in [0.4, 0.5) is 5.69 Å². The number of hydrogen-bond acceptors (Lipinski definition) is 4. The molecule has 0 atom stereocenters. The topological polar surface area (TPSA) is 55.3 Å². The highest BCUT2D eigenvalue weighted by molar-refractivity contribution is 5.76. The third-order valence-corrected chi connectivity index (χ3v) is 2.90. The van der Waals surface area contributed by atoms with Gasteiger partial charge in [0.2, 0.25) is 5.89 Å². The summed E-state index contributed by atoms with van der Waals surface area (Å²) in [7, 11) is 0. The quantitative estimate of drug-likeness (QED) is 0.797. The van der Waals surface area contributed by atoms with Gasteiger partial charge in [0.25, 0.3) is 0 Å². The van der Waals surface area contributed by atoms with Gasteiger partial charge in [0, 0.05) is 11.8 Å². The van der Waals surface area contributed by atoms with Crippen LogP contribution in [0.2, 0.25) is 0 Å². The Morgan fingerprint density at radius 3 is 2.61 bits per heavy atom. The number of hydrogen-bond donors (Lipinski definition) is 1. The second kappa shape index (κ2) is 5.87. The summed E-state index contributed by atoms with van der Waals surface area (Å²) in [5.41, 5.74) is 8.10. The normalized spacial score (nSPS) is 11.5. The molecule has 0 radical (unpaired) electrons. The highest BCUT2D eigenvalue weighted by atomic mass is 16.3. The van der Waals surface area contributed by atoms with E-state index in [1.165, 1.54) is 0 Å². The molecular weight excluding hydrogens is 226 g/mol. The fourth-order valence-electron chi connectivity index (χ4n) is 2.15. The largest absolute Gasteiger partial charge is 0.439 e. The predicted octanol–water partition coefficient (Wildman–Crippen LogP) is 3.03. The number of anilines is 1. The van der Waals surface area contributed by atoms with Gasteiger partial charge in [-0.05, 0) is 38.1 Å². The van der Waals surface area contributed by atoms with Gasteiger partial charge in [0.05, 0.1) is 6.54 Å². The van der Waals surface area contributed by atoms with E-state index in [1.54, 1.807) is 0 Å². The Bertz CT molecular complexity index is 501. The summed E-state index contributed by atoms with van der Waals surface area (Å²) in [5.74, 6) is 0.775. The molecule has 0 bridgehead atoms. The van der Waals surface area contributed by atoms with E-state index < -0.39 is 0 Å². The molecule has 98 valence electrons. The molecule has 0 amide bonds. The Kier molecular flexibility index (Phi) is 4.20. The van der Waals surface area contributed by atoms with Gasteiger partial charge < -0.3 is 10.2 Å². The summed E-state index contributed by atoms with van der Waals surface area (Å²) in [6.45, 7) is 7.31. The van der Waals surface area contributed by atoms with Crippen LogP contribution in [0.25, 0.3) is 11.1 Å². The number of aromatic nitrogens is 1. The third kappa shape index (κ3) is 3.01. The van der Waals surface area contributed by atoms with Crippen LogP contribution in [0.15, 0.2) is 22.6 Å². The molecule has 0 saturated carbocycles. The lowest BCUT2D eigenvalue weighted by atomic mass is 10.3. The first-order valence-electron chi connectivity index (χ1n) is 6.60. The molecule has 0 saturated heterocycles. The molecule has 0 fully saturated rings. The molecule has 0 spiro atoms. The Hall–Kier alpha value is -1.55. The Balaban J connectivity index is 2.14. The minimum absolute atomic E-state index is 0.712. The van der Waals surface area contributed by atoms with Gasteiger partial charge in [-0.3, -0.25) is 4.90 Å². The molecule has 4 heteroatoms. The van der Waals surface area contributed by atoms with Crippen LogP contribution in [0, 0.1) is 0 Å². The third-order valence-electron chi connectivity index (χ3n) is 2.90. The van der Waals surface area contributed by atoms with Gasteiger partial charge in [-0.25, -0.2) is 4.98 Å². The van der Waals surface area contributed by atoms with Gasteiger partial charge >= 0.3 is 0 Å².